The molecule has 5 nitrogen and oxygen atoms in total. The maximum absolute atomic E-state index is 11.2. The van der Waals surface area contributed by atoms with Crippen LogP contribution in [0.5, 0.6) is 0 Å². The van der Waals surface area contributed by atoms with Gasteiger partial charge in [-0.3, -0.25) is 9.78 Å². The molecule has 2 heterocycles. The van der Waals surface area contributed by atoms with Crippen LogP contribution in [-0.2, 0) is 0 Å². The van der Waals surface area contributed by atoms with E-state index < -0.39 is 0 Å². The summed E-state index contributed by atoms with van der Waals surface area (Å²) in [5.74, 6) is 0.970. The molecular weight excluding hydrogens is 276 g/mol. The van der Waals surface area contributed by atoms with Crippen LogP contribution >= 0.6 is 0 Å². The van der Waals surface area contributed by atoms with Crippen LogP contribution in [0, 0.1) is 0 Å². The number of aldehydes is 1. The van der Waals surface area contributed by atoms with E-state index in [1.165, 1.54) is 0 Å². The van der Waals surface area contributed by atoms with Crippen molar-refractivity contribution in [1.29, 1.82) is 0 Å². The van der Waals surface area contributed by atoms with E-state index in [4.69, 9.17) is 0 Å². The largest absolute Gasteiger partial charge is 0.358 e. The molecule has 118 valence electrons. The van der Waals surface area contributed by atoms with Crippen LogP contribution in [0.25, 0.3) is 0 Å². The molecule has 0 radical (unpaired) electrons. The monoisotopic (exact) mass is 300 g/mol. The zero-order valence-electron chi connectivity index (χ0n) is 13.3. The summed E-state index contributed by atoms with van der Waals surface area (Å²) in [5, 5.41) is 6.75. The maximum atomic E-state index is 11.2. The molecule has 0 unspecified atom stereocenters. The number of carbonyl (C=O) groups excluding carboxylic acids is 1. The lowest BCUT2D eigenvalue weighted by molar-refractivity contribution is 0.112. The molecule has 0 spiro atoms. The van der Waals surface area contributed by atoms with Gasteiger partial charge >= 0.3 is 0 Å². The van der Waals surface area contributed by atoms with Crippen LogP contribution in [0.4, 0.5) is 5.69 Å². The van der Waals surface area contributed by atoms with Crippen molar-refractivity contribution in [3.63, 3.8) is 0 Å². The van der Waals surface area contributed by atoms with Gasteiger partial charge in [0.15, 0.2) is 6.29 Å². The minimum Gasteiger partial charge on any atom is -0.358 e. The molecule has 1 saturated heterocycles. The van der Waals surface area contributed by atoms with E-state index in [1.54, 1.807) is 18.5 Å². The molecule has 1 aliphatic heterocycles. The summed E-state index contributed by atoms with van der Waals surface area (Å²) in [6, 6.07) is 2.18. The van der Waals surface area contributed by atoms with Gasteiger partial charge in [-0.15, -0.1) is 0 Å². The van der Waals surface area contributed by atoms with Gasteiger partial charge in [-0.2, -0.15) is 0 Å². The number of hydrogen-bond acceptors (Lipinski definition) is 5. The number of nitrogens with one attached hydrogen (secondary N) is 2. The van der Waals surface area contributed by atoms with Crippen molar-refractivity contribution >= 4 is 12.0 Å². The van der Waals surface area contributed by atoms with E-state index in [0.717, 1.165) is 49.3 Å². The molecule has 0 bridgehead atoms. The minimum atomic E-state index is 0.468. The molecule has 0 aromatic carbocycles. The summed E-state index contributed by atoms with van der Waals surface area (Å²) in [6.07, 6.45) is 8.16. The highest BCUT2D eigenvalue weighted by molar-refractivity contribution is 5.84. The number of hydrogen-bond donors (Lipinski definition) is 2. The summed E-state index contributed by atoms with van der Waals surface area (Å²) in [5.41, 5.74) is 2.36. The molecule has 1 aromatic rings. The molecule has 0 atom stereocenters. The quantitative estimate of drug-likeness (QED) is 0.624. The van der Waals surface area contributed by atoms with E-state index >= 15 is 0 Å². The van der Waals surface area contributed by atoms with Crippen molar-refractivity contribution in [2.45, 2.75) is 25.8 Å². The van der Waals surface area contributed by atoms with Crippen molar-refractivity contribution in [1.82, 2.24) is 15.2 Å². The summed E-state index contributed by atoms with van der Waals surface area (Å²) >= 11 is 0. The Morgan fingerprint density at radius 1 is 1.50 bits per heavy atom. The summed E-state index contributed by atoms with van der Waals surface area (Å²) in [6.45, 7) is 7.95. The van der Waals surface area contributed by atoms with Gasteiger partial charge in [-0.25, -0.2) is 0 Å². The van der Waals surface area contributed by atoms with Crippen molar-refractivity contribution in [2.75, 3.05) is 25.5 Å². The van der Waals surface area contributed by atoms with Crippen LogP contribution in [-0.4, -0.2) is 42.3 Å². The van der Waals surface area contributed by atoms with Gasteiger partial charge in [-0.1, -0.05) is 12.7 Å². The first-order valence-corrected chi connectivity index (χ1v) is 7.60. The topological polar surface area (TPSA) is 57.3 Å². The second-order valence-corrected chi connectivity index (χ2v) is 5.53. The molecule has 2 rings (SSSR count). The van der Waals surface area contributed by atoms with Crippen LogP contribution in [0.1, 0.15) is 30.1 Å². The number of allylic oxidation sites excluding steroid dienone is 2. The number of pyridine rings is 1. The third-order valence-corrected chi connectivity index (χ3v) is 4.12. The zero-order chi connectivity index (χ0) is 15.9. The van der Waals surface area contributed by atoms with E-state index in [1.807, 2.05) is 13.0 Å². The lowest BCUT2D eigenvalue weighted by Crippen LogP contribution is -2.42. The SMILES string of the molecule is C=C/C(C)=C(/Nc1cnccc1C=O)N(C)C1CCNCC1. The summed E-state index contributed by atoms with van der Waals surface area (Å²) in [4.78, 5) is 17.5. The third-order valence-electron chi connectivity index (χ3n) is 4.12. The first kappa shape index (κ1) is 16.2. The van der Waals surface area contributed by atoms with E-state index in [-0.39, 0.29) is 0 Å². The first-order valence-electron chi connectivity index (χ1n) is 7.60. The van der Waals surface area contributed by atoms with E-state index in [2.05, 4.69) is 34.1 Å². The molecule has 0 saturated carbocycles. The second-order valence-electron chi connectivity index (χ2n) is 5.53. The molecule has 5 heteroatoms. The van der Waals surface area contributed by atoms with Crippen molar-refractivity contribution in [2.24, 2.45) is 0 Å². The predicted molar refractivity (Wildman–Crippen MR) is 89.8 cm³/mol. The Labute approximate surface area is 132 Å². The Bertz CT molecular complexity index is 562. The summed E-state index contributed by atoms with van der Waals surface area (Å²) < 4.78 is 0. The lowest BCUT2D eigenvalue weighted by atomic mass is 10.0. The first-order chi connectivity index (χ1) is 10.7. The maximum Gasteiger partial charge on any atom is 0.152 e. The Kier molecular flexibility index (Phi) is 5.72. The normalized spacial score (nSPS) is 16.6. The molecule has 0 aliphatic carbocycles. The number of carbonyl (C=O) groups is 1. The molecule has 1 aromatic heterocycles. The van der Waals surface area contributed by atoms with Crippen LogP contribution in [0.15, 0.2) is 42.5 Å². The van der Waals surface area contributed by atoms with Gasteiger partial charge < -0.3 is 15.5 Å². The predicted octanol–water partition coefficient (Wildman–Crippen LogP) is 2.41. The molecular formula is C17H24N4O. The van der Waals surface area contributed by atoms with Crippen molar-refractivity contribution < 1.29 is 4.79 Å². The highest BCUT2D eigenvalue weighted by Crippen LogP contribution is 2.22. The second kappa shape index (κ2) is 7.75. The highest BCUT2D eigenvalue weighted by atomic mass is 16.1. The number of rotatable bonds is 6. The average Bonchev–Trinajstić information content (AvgIpc) is 2.59. The fourth-order valence-electron chi connectivity index (χ4n) is 2.68. The van der Waals surface area contributed by atoms with Crippen LogP contribution in [0.2, 0.25) is 0 Å². The Morgan fingerprint density at radius 3 is 2.86 bits per heavy atom. The zero-order valence-corrected chi connectivity index (χ0v) is 13.3. The highest BCUT2D eigenvalue weighted by Gasteiger charge is 2.21. The van der Waals surface area contributed by atoms with Gasteiger partial charge in [0, 0.05) is 24.8 Å². The fourth-order valence-corrected chi connectivity index (χ4v) is 2.68. The Hall–Kier alpha value is -2.14. The molecule has 2 N–H and O–H groups in total. The number of nitrogens with zero attached hydrogens (tertiary/aromatic N) is 2. The van der Waals surface area contributed by atoms with Gasteiger partial charge in [-0.05, 0) is 44.5 Å². The number of anilines is 1. The van der Waals surface area contributed by atoms with Gasteiger partial charge in [0.05, 0.1) is 11.9 Å². The fraction of sp³-hybridized carbons (Fsp3) is 0.412. The van der Waals surface area contributed by atoms with Crippen molar-refractivity contribution in [3.8, 4) is 0 Å². The van der Waals surface area contributed by atoms with E-state index in [9.17, 15) is 4.79 Å². The molecule has 0 amide bonds. The summed E-state index contributed by atoms with van der Waals surface area (Å²) in [7, 11) is 2.09. The third kappa shape index (κ3) is 3.74. The Balaban J connectivity index is 2.27. The average molecular weight is 300 g/mol. The standard InChI is InChI=1S/C17H24N4O/c1-4-13(2)17(21(3)15-6-9-18-10-7-15)20-16-11-19-8-5-14(16)12-22/h4-5,8,11-12,15,18,20H,1,6-7,9-10H2,2-3H3/b17-13-. The molecule has 1 fully saturated rings. The smallest absolute Gasteiger partial charge is 0.152 e. The Morgan fingerprint density at radius 2 is 2.23 bits per heavy atom. The number of piperidine rings is 1. The van der Waals surface area contributed by atoms with Gasteiger partial charge in [0.2, 0.25) is 0 Å². The van der Waals surface area contributed by atoms with Crippen LogP contribution < -0.4 is 10.6 Å². The molecule has 22 heavy (non-hydrogen) atoms. The van der Waals surface area contributed by atoms with E-state index in [0.29, 0.717) is 11.6 Å². The number of aromatic nitrogens is 1. The lowest BCUT2D eigenvalue weighted by Gasteiger charge is -2.36. The molecule has 1 aliphatic rings. The van der Waals surface area contributed by atoms with Gasteiger partial charge in [0.25, 0.3) is 0 Å². The van der Waals surface area contributed by atoms with Gasteiger partial charge in [0.1, 0.15) is 5.82 Å². The minimum absolute atomic E-state index is 0.468. The van der Waals surface area contributed by atoms with Crippen molar-refractivity contribution in [3.05, 3.63) is 48.1 Å². The van der Waals surface area contributed by atoms with Crippen LogP contribution in [0.3, 0.4) is 0 Å².